The third-order valence-electron chi connectivity index (χ3n) is 4.39. The zero-order chi connectivity index (χ0) is 25.0. The molecule has 0 saturated heterocycles. The summed E-state index contributed by atoms with van der Waals surface area (Å²) in [5, 5.41) is 0. The van der Waals surface area contributed by atoms with Gasteiger partial charge in [0.25, 0.3) is 10.1 Å². The molecule has 0 aliphatic heterocycles. The predicted octanol–water partition coefficient (Wildman–Crippen LogP) is 2.14. The van der Waals surface area contributed by atoms with Gasteiger partial charge in [0.1, 0.15) is 12.4 Å². The summed E-state index contributed by atoms with van der Waals surface area (Å²) in [6.45, 7) is 4.44. The Morgan fingerprint density at radius 2 is 0.971 bits per heavy atom. The zero-order valence-electron chi connectivity index (χ0n) is 19.8. The van der Waals surface area contributed by atoms with Gasteiger partial charge in [-0.25, -0.2) is 0 Å². The van der Waals surface area contributed by atoms with Gasteiger partial charge in [0.05, 0.1) is 83.3 Å². The standard InChI is InChI=1S/C24H35NO9S/c25-23-8-4-5-9-24(23)33-20-18-31-16-14-29-12-10-28-11-13-30-15-17-32-19-21-34-35(26,27)22-6-2-1-3-7-22/h1-9H,10-21,25H2. The van der Waals surface area contributed by atoms with Crippen molar-refractivity contribution in [1.29, 1.82) is 0 Å². The van der Waals surface area contributed by atoms with E-state index in [0.717, 1.165) is 0 Å². The van der Waals surface area contributed by atoms with Crippen molar-refractivity contribution in [2.75, 3.05) is 85.0 Å². The minimum Gasteiger partial charge on any atom is -0.489 e. The highest BCUT2D eigenvalue weighted by molar-refractivity contribution is 7.86. The van der Waals surface area contributed by atoms with E-state index in [1.54, 1.807) is 24.3 Å². The lowest BCUT2D eigenvalue weighted by Gasteiger charge is -2.09. The van der Waals surface area contributed by atoms with Crippen LogP contribution in [0.4, 0.5) is 5.69 Å². The average molecular weight is 514 g/mol. The molecule has 0 aromatic heterocycles. The lowest BCUT2D eigenvalue weighted by Crippen LogP contribution is -2.15. The van der Waals surface area contributed by atoms with Gasteiger partial charge in [0.15, 0.2) is 0 Å². The quantitative estimate of drug-likeness (QED) is 0.151. The van der Waals surface area contributed by atoms with Crippen LogP contribution in [0.15, 0.2) is 59.5 Å². The fourth-order valence-electron chi connectivity index (χ4n) is 2.66. The fraction of sp³-hybridized carbons (Fsp3) is 0.500. The lowest BCUT2D eigenvalue weighted by molar-refractivity contribution is -0.0140. The van der Waals surface area contributed by atoms with Gasteiger partial charge in [-0.15, -0.1) is 0 Å². The number of para-hydroxylation sites is 2. The van der Waals surface area contributed by atoms with E-state index >= 15 is 0 Å². The van der Waals surface area contributed by atoms with E-state index in [-0.39, 0.29) is 18.1 Å². The van der Waals surface area contributed by atoms with Gasteiger partial charge in [-0.05, 0) is 24.3 Å². The Bertz CT molecular complexity index is 897. The summed E-state index contributed by atoms with van der Waals surface area (Å²) in [5.74, 6) is 0.655. The highest BCUT2D eigenvalue weighted by Crippen LogP contribution is 2.19. The molecule has 2 rings (SSSR count). The maximum Gasteiger partial charge on any atom is 0.297 e. The van der Waals surface area contributed by atoms with E-state index in [4.69, 9.17) is 38.3 Å². The highest BCUT2D eigenvalue weighted by atomic mass is 32.2. The molecule has 0 aliphatic carbocycles. The Morgan fingerprint density at radius 1 is 0.543 bits per heavy atom. The van der Waals surface area contributed by atoms with Crippen LogP contribution < -0.4 is 10.5 Å². The molecule has 0 heterocycles. The molecule has 0 saturated carbocycles. The molecule has 35 heavy (non-hydrogen) atoms. The first-order valence-corrected chi connectivity index (χ1v) is 12.8. The zero-order valence-corrected chi connectivity index (χ0v) is 20.7. The van der Waals surface area contributed by atoms with Gasteiger partial charge in [-0.1, -0.05) is 30.3 Å². The largest absolute Gasteiger partial charge is 0.489 e. The smallest absolute Gasteiger partial charge is 0.297 e. The number of benzene rings is 2. The molecule has 0 spiro atoms. The first-order chi connectivity index (χ1) is 17.1. The van der Waals surface area contributed by atoms with Crippen LogP contribution in [0.5, 0.6) is 5.75 Å². The summed E-state index contributed by atoms with van der Waals surface area (Å²) in [6, 6.07) is 15.3. The number of anilines is 1. The molecule has 0 aliphatic rings. The topological polar surface area (TPSA) is 125 Å². The maximum absolute atomic E-state index is 11.9. The summed E-state index contributed by atoms with van der Waals surface area (Å²) in [5.41, 5.74) is 6.40. The third kappa shape index (κ3) is 13.4. The first-order valence-electron chi connectivity index (χ1n) is 11.4. The fourth-order valence-corrected chi connectivity index (χ4v) is 3.58. The minimum atomic E-state index is -3.75. The minimum absolute atomic E-state index is 0.0536. The molecule has 196 valence electrons. The number of hydrogen-bond acceptors (Lipinski definition) is 10. The van der Waals surface area contributed by atoms with Crippen molar-refractivity contribution in [3.8, 4) is 5.75 Å². The van der Waals surface area contributed by atoms with Crippen molar-refractivity contribution in [3.63, 3.8) is 0 Å². The second-order valence-corrected chi connectivity index (χ2v) is 8.65. The molecule has 0 atom stereocenters. The average Bonchev–Trinajstić information content (AvgIpc) is 2.87. The molecule has 0 amide bonds. The molecule has 10 nitrogen and oxygen atoms in total. The van der Waals surface area contributed by atoms with Crippen LogP contribution in [0.3, 0.4) is 0 Å². The van der Waals surface area contributed by atoms with Gasteiger partial charge >= 0.3 is 0 Å². The van der Waals surface area contributed by atoms with Gasteiger partial charge in [-0.3, -0.25) is 4.18 Å². The van der Waals surface area contributed by atoms with Crippen LogP contribution in [-0.2, 0) is 38.0 Å². The lowest BCUT2D eigenvalue weighted by atomic mass is 10.3. The molecule has 0 bridgehead atoms. The molecule has 2 N–H and O–H groups in total. The van der Waals surface area contributed by atoms with Crippen LogP contribution >= 0.6 is 0 Å². The van der Waals surface area contributed by atoms with Gasteiger partial charge < -0.3 is 34.2 Å². The second-order valence-electron chi connectivity index (χ2n) is 7.04. The molecular weight excluding hydrogens is 478 g/mol. The molecule has 0 radical (unpaired) electrons. The van der Waals surface area contributed by atoms with Gasteiger partial charge in [-0.2, -0.15) is 8.42 Å². The van der Waals surface area contributed by atoms with E-state index in [2.05, 4.69) is 0 Å². The third-order valence-corrected chi connectivity index (χ3v) is 5.72. The van der Waals surface area contributed by atoms with E-state index in [1.807, 2.05) is 18.2 Å². The summed E-state index contributed by atoms with van der Waals surface area (Å²) in [6.07, 6.45) is 0. The number of nitrogens with two attached hydrogens (primary N) is 1. The molecule has 11 heteroatoms. The van der Waals surface area contributed by atoms with Crippen LogP contribution in [0.25, 0.3) is 0 Å². The summed E-state index contributed by atoms with van der Waals surface area (Å²) >= 11 is 0. The van der Waals surface area contributed by atoms with Gasteiger partial charge in [0.2, 0.25) is 0 Å². The van der Waals surface area contributed by atoms with Crippen molar-refractivity contribution in [3.05, 3.63) is 54.6 Å². The second kappa shape index (κ2) is 18.1. The van der Waals surface area contributed by atoms with Crippen molar-refractivity contribution in [2.45, 2.75) is 4.90 Å². The summed E-state index contributed by atoms with van der Waals surface area (Å²) < 4.78 is 61.2. The Hall–Kier alpha value is -2.25. The van der Waals surface area contributed by atoms with Crippen LogP contribution in [0.1, 0.15) is 0 Å². The normalized spacial score (nSPS) is 11.5. The Balaban J connectivity index is 1.28. The number of rotatable bonds is 21. The van der Waals surface area contributed by atoms with E-state index in [9.17, 15) is 8.42 Å². The number of nitrogen functional groups attached to an aromatic ring is 1. The maximum atomic E-state index is 11.9. The predicted molar refractivity (Wildman–Crippen MR) is 130 cm³/mol. The summed E-state index contributed by atoms with van der Waals surface area (Å²) in [4.78, 5) is 0.123. The Kier molecular flexibility index (Phi) is 15.0. The van der Waals surface area contributed by atoms with Crippen LogP contribution in [0.2, 0.25) is 0 Å². The molecule has 0 unspecified atom stereocenters. The molecule has 2 aromatic rings. The van der Waals surface area contributed by atoms with Crippen molar-refractivity contribution in [2.24, 2.45) is 0 Å². The Labute approximate surface area is 207 Å². The SMILES string of the molecule is Nc1ccccc1OCCOCCOCCOCCOCCOCCOS(=O)(=O)c1ccccc1. The van der Waals surface area contributed by atoms with Crippen molar-refractivity contribution >= 4 is 15.8 Å². The molecule has 0 fully saturated rings. The highest BCUT2D eigenvalue weighted by Gasteiger charge is 2.13. The van der Waals surface area contributed by atoms with Crippen molar-refractivity contribution in [1.82, 2.24) is 0 Å². The first kappa shape index (κ1) is 29.0. The van der Waals surface area contributed by atoms with Crippen LogP contribution in [-0.4, -0.2) is 87.7 Å². The van der Waals surface area contributed by atoms with Crippen molar-refractivity contribution < 1.29 is 41.0 Å². The van der Waals surface area contributed by atoms with E-state index in [0.29, 0.717) is 77.5 Å². The Morgan fingerprint density at radius 3 is 1.49 bits per heavy atom. The summed E-state index contributed by atoms with van der Waals surface area (Å²) in [7, 11) is -3.75. The van der Waals surface area contributed by atoms with Crippen LogP contribution in [0, 0.1) is 0 Å². The molecule has 2 aromatic carbocycles. The van der Waals surface area contributed by atoms with E-state index in [1.165, 1.54) is 12.1 Å². The van der Waals surface area contributed by atoms with Gasteiger partial charge in [0, 0.05) is 0 Å². The number of ether oxygens (including phenoxy) is 6. The molecular formula is C24H35NO9S. The van der Waals surface area contributed by atoms with E-state index < -0.39 is 10.1 Å². The number of hydrogen-bond donors (Lipinski definition) is 1. The monoisotopic (exact) mass is 513 g/mol.